The van der Waals surface area contributed by atoms with Crippen molar-refractivity contribution >= 4 is 38.4 Å². The van der Waals surface area contributed by atoms with Crippen molar-refractivity contribution in [3.8, 4) is 0 Å². The van der Waals surface area contributed by atoms with Crippen LogP contribution >= 0.6 is 27.5 Å². The lowest BCUT2D eigenvalue weighted by Gasteiger charge is -2.40. The van der Waals surface area contributed by atoms with Gasteiger partial charge in [-0.25, -0.2) is 0 Å². The van der Waals surface area contributed by atoms with Crippen LogP contribution in [-0.2, 0) is 0 Å². The lowest BCUT2D eigenvalue weighted by molar-refractivity contribution is 0.102. The van der Waals surface area contributed by atoms with Gasteiger partial charge in [0.15, 0.2) is 0 Å². The molecule has 0 bridgehead atoms. The molecule has 0 radical (unpaired) electrons. The number of benzene rings is 1. The minimum absolute atomic E-state index is 0.265. The Balaban J connectivity index is 1.83. The summed E-state index contributed by atoms with van der Waals surface area (Å²) < 4.78 is 0.976. The second kappa shape index (κ2) is 6.10. The van der Waals surface area contributed by atoms with E-state index in [2.05, 4.69) is 53.7 Å². The molecule has 1 aliphatic rings. The van der Waals surface area contributed by atoms with Gasteiger partial charge in [-0.2, -0.15) is 0 Å². The highest BCUT2D eigenvalue weighted by Gasteiger charge is 2.28. The van der Waals surface area contributed by atoms with Gasteiger partial charge in [-0.3, -0.25) is 9.88 Å². The smallest absolute Gasteiger partial charge is 0.0848 e. The molecule has 1 fully saturated rings. The number of fused-ring (bicyclic) bond motifs is 1. The highest BCUT2D eigenvalue weighted by Crippen LogP contribution is 2.33. The van der Waals surface area contributed by atoms with E-state index in [4.69, 9.17) is 16.6 Å². The Bertz CT molecular complexity index is 685. The fourth-order valence-corrected chi connectivity index (χ4v) is 4.17. The first kappa shape index (κ1) is 16.2. The minimum Gasteiger partial charge on any atom is -0.298 e. The summed E-state index contributed by atoms with van der Waals surface area (Å²) in [7, 11) is 0. The SMILES string of the molecule is CC(C)(C)N1CCC(c2ccc3cc(Cl)cc(Br)c3n2)CC1. The monoisotopic (exact) mass is 380 g/mol. The number of halogens is 2. The zero-order valence-electron chi connectivity index (χ0n) is 13.4. The summed E-state index contributed by atoms with van der Waals surface area (Å²) in [4.78, 5) is 7.47. The van der Waals surface area contributed by atoms with Crippen LogP contribution in [0.4, 0.5) is 0 Å². The van der Waals surface area contributed by atoms with Gasteiger partial charge in [0.05, 0.1) is 5.52 Å². The molecule has 0 saturated carbocycles. The van der Waals surface area contributed by atoms with E-state index in [0.29, 0.717) is 5.92 Å². The van der Waals surface area contributed by atoms with Gasteiger partial charge >= 0.3 is 0 Å². The third-order valence-electron chi connectivity index (χ3n) is 4.59. The van der Waals surface area contributed by atoms with Gasteiger partial charge in [0.25, 0.3) is 0 Å². The molecule has 1 aromatic heterocycles. The van der Waals surface area contributed by atoms with Crippen LogP contribution < -0.4 is 0 Å². The molecule has 0 aliphatic carbocycles. The van der Waals surface area contributed by atoms with Crippen LogP contribution in [0.3, 0.4) is 0 Å². The molecule has 3 rings (SSSR count). The van der Waals surface area contributed by atoms with Crippen molar-refractivity contribution in [2.75, 3.05) is 13.1 Å². The van der Waals surface area contributed by atoms with Crippen LogP contribution in [0.5, 0.6) is 0 Å². The summed E-state index contributed by atoms with van der Waals surface area (Å²) in [6.45, 7) is 9.18. The van der Waals surface area contributed by atoms with Crippen LogP contribution in [0.15, 0.2) is 28.7 Å². The van der Waals surface area contributed by atoms with E-state index in [-0.39, 0.29) is 5.54 Å². The Morgan fingerprint density at radius 3 is 2.50 bits per heavy atom. The van der Waals surface area contributed by atoms with Crippen LogP contribution in [0.2, 0.25) is 5.02 Å². The van der Waals surface area contributed by atoms with Gasteiger partial charge in [-0.1, -0.05) is 17.7 Å². The van der Waals surface area contributed by atoms with Gasteiger partial charge < -0.3 is 0 Å². The van der Waals surface area contributed by atoms with E-state index in [1.165, 1.54) is 18.5 Å². The number of piperidine rings is 1. The number of likely N-dealkylation sites (tertiary alicyclic amines) is 1. The molecule has 4 heteroatoms. The first-order valence-corrected chi connectivity index (χ1v) is 9.02. The molecule has 1 aromatic carbocycles. The standard InChI is InChI=1S/C18H22BrClN2/c1-18(2,3)22-8-6-12(7-9-22)16-5-4-13-10-14(20)11-15(19)17(13)21-16/h4-5,10-12H,6-9H2,1-3H3. The van der Waals surface area contributed by atoms with E-state index < -0.39 is 0 Å². The summed E-state index contributed by atoms with van der Waals surface area (Å²) in [5, 5.41) is 1.84. The van der Waals surface area contributed by atoms with Crippen molar-refractivity contribution in [3.05, 3.63) is 39.5 Å². The predicted molar refractivity (Wildman–Crippen MR) is 97.8 cm³/mol. The fraction of sp³-hybridized carbons (Fsp3) is 0.500. The Labute approximate surface area is 146 Å². The molecule has 0 spiro atoms. The van der Waals surface area contributed by atoms with Gasteiger partial charge in [0.1, 0.15) is 0 Å². The second-order valence-corrected chi connectivity index (χ2v) is 8.42. The van der Waals surface area contributed by atoms with Gasteiger partial charge in [-0.15, -0.1) is 0 Å². The van der Waals surface area contributed by atoms with Crippen molar-refractivity contribution in [3.63, 3.8) is 0 Å². The minimum atomic E-state index is 0.265. The van der Waals surface area contributed by atoms with Crippen LogP contribution in [0.25, 0.3) is 10.9 Å². The molecule has 1 aliphatic heterocycles. The van der Waals surface area contributed by atoms with Gasteiger partial charge in [-0.05, 0) is 80.8 Å². The maximum absolute atomic E-state index is 6.11. The summed E-state index contributed by atoms with van der Waals surface area (Å²) in [6.07, 6.45) is 2.36. The van der Waals surface area contributed by atoms with E-state index in [1.54, 1.807) is 0 Å². The Kier molecular flexibility index (Phi) is 4.50. The highest BCUT2D eigenvalue weighted by molar-refractivity contribution is 9.10. The van der Waals surface area contributed by atoms with Crippen LogP contribution in [-0.4, -0.2) is 28.5 Å². The average molecular weight is 382 g/mol. The maximum Gasteiger partial charge on any atom is 0.0848 e. The quantitative estimate of drug-likeness (QED) is 0.636. The topological polar surface area (TPSA) is 16.1 Å². The van der Waals surface area contributed by atoms with E-state index >= 15 is 0 Å². The van der Waals surface area contributed by atoms with E-state index in [0.717, 1.165) is 33.5 Å². The van der Waals surface area contributed by atoms with Crippen molar-refractivity contribution in [1.82, 2.24) is 9.88 Å². The molecular weight excluding hydrogens is 360 g/mol. The first-order valence-electron chi connectivity index (χ1n) is 7.85. The lowest BCUT2D eigenvalue weighted by Crippen LogP contribution is -2.45. The molecular formula is C18H22BrClN2. The Hall–Kier alpha value is -0.640. The van der Waals surface area contributed by atoms with Crippen LogP contribution in [0, 0.1) is 0 Å². The molecule has 118 valence electrons. The summed E-state index contributed by atoms with van der Waals surface area (Å²) in [5.74, 6) is 0.561. The van der Waals surface area contributed by atoms with Crippen molar-refractivity contribution in [2.45, 2.75) is 45.1 Å². The molecule has 0 amide bonds. The number of rotatable bonds is 1. The third-order valence-corrected chi connectivity index (χ3v) is 5.42. The van der Waals surface area contributed by atoms with Crippen molar-refractivity contribution in [2.24, 2.45) is 0 Å². The van der Waals surface area contributed by atoms with Gasteiger partial charge in [0.2, 0.25) is 0 Å². The molecule has 22 heavy (non-hydrogen) atoms. The number of nitrogens with zero attached hydrogens (tertiary/aromatic N) is 2. The van der Waals surface area contributed by atoms with E-state index in [1.807, 2.05) is 12.1 Å². The van der Waals surface area contributed by atoms with E-state index in [9.17, 15) is 0 Å². The number of aromatic nitrogens is 1. The second-order valence-electron chi connectivity index (χ2n) is 7.13. The number of hydrogen-bond donors (Lipinski definition) is 0. The average Bonchev–Trinajstić information content (AvgIpc) is 2.46. The molecule has 0 N–H and O–H groups in total. The highest BCUT2D eigenvalue weighted by atomic mass is 79.9. The largest absolute Gasteiger partial charge is 0.298 e. The number of pyridine rings is 1. The molecule has 2 heterocycles. The zero-order chi connectivity index (χ0) is 15.9. The lowest BCUT2D eigenvalue weighted by atomic mass is 9.90. The van der Waals surface area contributed by atoms with Gasteiger partial charge in [0, 0.05) is 32.0 Å². The predicted octanol–water partition coefficient (Wildman–Crippen LogP) is 5.63. The molecule has 2 nitrogen and oxygen atoms in total. The first-order chi connectivity index (χ1) is 10.3. The molecule has 0 unspecified atom stereocenters. The molecule has 2 aromatic rings. The Morgan fingerprint density at radius 2 is 1.86 bits per heavy atom. The van der Waals surface area contributed by atoms with Crippen molar-refractivity contribution < 1.29 is 0 Å². The maximum atomic E-state index is 6.11. The summed E-state index contributed by atoms with van der Waals surface area (Å²) in [6, 6.07) is 8.20. The molecule has 0 atom stereocenters. The summed E-state index contributed by atoms with van der Waals surface area (Å²) in [5.41, 5.74) is 2.49. The van der Waals surface area contributed by atoms with Crippen molar-refractivity contribution in [1.29, 1.82) is 0 Å². The fourth-order valence-electron chi connectivity index (χ4n) is 3.25. The number of hydrogen-bond acceptors (Lipinski definition) is 2. The molecule has 1 saturated heterocycles. The zero-order valence-corrected chi connectivity index (χ0v) is 15.7. The third kappa shape index (κ3) is 3.32. The van der Waals surface area contributed by atoms with Crippen LogP contribution in [0.1, 0.15) is 45.2 Å². The summed E-state index contributed by atoms with van der Waals surface area (Å²) >= 11 is 9.69. The normalized spacial score (nSPS) is 18.0. The Morgan fingerprint density at radius 1 is 1.18 bits per heavy atom.